The first-order valence-electron chi connectivity index (χ1n) is 11.0. The normalized spacial score (nSPS) is 24.8. The van der Waals surface area contributed by atoms with Gasteiger partial charge in [-0.15, -0.1) is 0 Å². The van der Waals surface area contributed by atoms with E-state index in [-0.39, 0.29) is 12.2 Å². The summed E-state index contributed by atoms with van der Waals surface area (Å²) in [5.41, 5.74) is 1.93. The molecular weight excluding hydrogens is 374 g/mol. The Morgan fingerprint density at radius 3 is 2.40 bits per heavy atom. The molecule has 0 radical (unpaired) electrons. The lowest BCUT2D eigenvalue weighted by molar-refractivity contribution is -0.946. The number of piperidine rings is 3. The Kier molecular flexibility index (Phi) is 6.35. The first-order valence-corrected chi connectivity index (χ1v) is 11.0. The number of para-hydroxylation sites is 1. The van der Waals surface area contributed by atoms with Crippen molar-refractivity contribution in [2.45, 2.75) is 38.3 Å². The van der Waals surface area contributed by atoms with E-state index in [1.807, 2.05) is 60.7 Å². The quantitative estimate of drug-likeness (QED) is 0.495. The molecule has 5 nitrogen and oxygen atoms in total. The zero-order valence-electron chi connectivity index (χ0n) is 17.5. The number of anilines is 1. The molecule has 3 heterocycles. The average Bonchev–Trinajstić information content (AvgIpc) is 2.79. The summed E-state index contributed by atoms with van der Waals surface area (Å²) in [5.74, 6) is 0.458. The molecule has 3 aliphatic heterocycles. The van der Waals surface area contributed by atoms with Gasteiger partial charge in [-0.3, -0.25) is 4.90 Å². The predicted octanol–water partition coefficient (Wildman–Crippen LogP) is 4.74. The lowest BCUT2D eigenvalue weighted by Gasteiger charge is -2.52. The Balaban J connectivity index is 1.48. The van der Waals surface area contributed by atoms with Crippen molar-refractivity contribution < 1.29 is 14.0 Å². The summed E-state index contributed by atoms with van der Waals surface area (Å²) in [5, 5.41) is 8.89. The van der Waals surface area contributed by atoms with Gasteiger partial charge < -0.3 is 9.22 Å². The third-order valence-corrected chi connectivity index (χ3v) is 6.69. The number of carbonyl (C=O) groups is 1. The average molecular weight is 405 g/mol. The van der Waals surface area contributed by atoms with Gasteiger partial charge in [0.2, 0.25) is 0 Å². The molecule has 2 aromatic carbocycles. The second-order valence-electron chi connectivity index (χ2n) is 8.62. The summed E-state index contributed by atoms with van der Waals surface area (Å²) < 4.78 is 7.15. The monoisotopic (exact) mass is 404 g/mol. The molecule has 2 aromatic rings. The maximum atomic E-state index is 13.3. The second-order valence-corrected chi connectivity index (χ2v) is 8.62. The number of hydrogen-bond donors (Lipinski definition) is 0. The Hall–Kier alpha value is -2.84. The van der Waals surface area contributed by atoms with Gasteiger partial charge in [0.25, 0.3) is 0 Å². The molecule has 5 heteroatoms. The molecule has 3 aliphatic rings. The summed E-state index contributed by atoms with van der Waals surface area (Å²) in [6, 6.07) is 22.1. The molecule has 2 bridgehead atoms. The first-order chi connectivity index (χ1) is 14.7. The fourth-order valence-electron chi connectivity index (χ4n) is 4.99. The smallest absolute Gasteiger partial charge is 0.415 e. The topological polar surface area (TPSA) is 53.3 Å². The van der Waals surface area contributed by atoms with E-state index in [4.69, 9.17) is 10.00 Å². The first kappa shape index (κ1) is 20.4. The van der Waals surface area contributed by atoms with Crippen LogP contribution in [-0.4, -0.2) is 42.9 Å². The van der Waals surface area contributed by atoms with Gasteiger partial charge >= 0.3 is 6.09 Å². The van der Waals surface area contributed by atoms with E-state index < -0.39 is 0 Å². The van der Waals surface area contributed by atoms with Crippen molar-refractivity contribution >= 4 is 11.8 Å². The van der Waals surface area contributed by atoms with E-state index in [2.05, 4.69) is 6.07 Å². The Labute approximate surface area is 179 Å². The van der Waals surface area contributed by atoms with Gasteiger partial charge in [0.1, 0.15) is 6.54 Å². The van der Waals surface area contributed by atoms with E-state index in [1.165, 1.54) is 0 Å². The lowest BCUT2D eigenvalue weighted by atomic mass is 9.83. The van der Waals surface area contributed by atoms with E-state index in [9.17, 15) is 4.79 Å². The van der Waals surface area contributed by atoms with Crippen LogP contribution in [0.15, 0.2) is 60.7 Å². The summed E-state index contributed by atoms with van der Waals surface area (Å²) in [6.07, 6.45) is 3.44. The Bertz CT molecular complexity index is 870. The van der Waals surface area contributed by atoms with Gasteiger partial charge in [0, 0.05) is 37.3 Å². The number of fused-ring (bicyclic) bond motifs is 3. The molecule has 3 fully saturated rings. The molecule has 0 saturated carbocycles. The molecule has 0 spiro atoms. The zero-order chi connectivity index (χ0) is 20.8. The highest BCUT2D eigenvalue weighted by molar-refractivity contribution is 5.87. The highest BCUT2D eigenvalue weighted by Crippen LogP contribution is 2.36. The minimum atomic E-state index is -0.265. The summed E-state index contributed by atoms with van der Waals surface area (Å²) >= 11 is 0. The molecule has 0 unspecified atom stereocenters. The standard InChI is InChI=1S/C25H30N3O2/c26-15-7-8-16-28-17-13-22(14-18-28)24(20-28)30-25(29)27(23-11-5-2-6-12-23)19-21-9-3-1-4-10-21/h1-6,9-12,22,24H,7-8,13-14,16-20H2/q+1/t22?,24-,28?/m0/s1. The molecular formula is C25H30N3O2+. The molecule has 1 atom stereocenters. The van der Waals surface area contributed by atoms with Gasteiger partial charge in [-0.05, 0) is 17.7 Å². The lowest BCUT2D eigenvalue weighted by Crippen LogP contribution is -2.64. The van der Waals surface area contributed by atoms with Gasteiger partial charge in [0.05, 0.1) is 32.2 Å². The van der Waals surface area contributed by atoms with Crippen LogP contribution in [0.25, 0.3) is 0 Å². The summed E-state index contributed by atoms with van der Waals surface area (Å²) in [4.78, 5) is 15.1. The zero-order valence-corrected chi connectivity index (χ0v) is 17.5. The van der Waals surface area contributed by atoms with Crippen LogP contribution in [0, 0.1) is 17.2 Å². The van der Waals surface area contributed by atoms with Gasteiger partial charge in [-0.1, -0.05) is 48.5 Å². The van der Waals surface area contributed by atoms with Gasteiger partial charge in [-0.25, -0.2) is 4.79 Å². The number of nitrogens with zero attached hydrogens (tertiary/aromatic N) is 3. The number of nitriles is 1. The van der Waals surface area contributed by atoms with Crippen molar-refractivity contribution in [3.05, 3.63) is 66.2 Å². The minimum Gasteiger partial charge on any atom is -0.440 e. The second kappa shape index (κ2) is 9.32. The third kappa shape index (κ3) is 4.66. The molecule has 30 heavy (non-hydrogen) atoms. The number of benzene rings is 2. The minimum absolute atomic E-state index is 0.0379. The van der Waals surface area contributed by atoms with Crippen LogP contribution < -0.4 is 4.90 Å². The van der Waals surface area contributed by atoms with Crippen LogP contribution in [0.5, 0.6) is 0 Å². The SMILES string of the molecule is N#CCCC[N+]12CCC(CC1)[C@@H](OC(=O)N(Cc1ccccc1)c1ccccc1)C2. The van der Waals surface area contributed by atoms with Crippen LogP contribution >= 0.6 is 0 Å². The van der Waals surface area contributed by atoms with E-state index >= 15 is 0 Å². The van der Waals surface area contributed by atoms with Crippen LogP contribution in [0.4, 0.5) is 10.5 Å². The van der Waals surface area contributed by atoms with Crippen molar-refractivity contribution in [1.82, 2.24) is 0 Å². The highest BCUT2D eigenvalue weighted by atomic mass is 16.6. The number of carbonyl (C=O) groups excluding carboxylic acids is 1. The van der Waals surface area contributed by atoms with Crippen LogP contribution in [0.1, 0.15) is 31.2 Å². The fraction of sp³-hybridized carbons (Fsp3) is 0.440. The molecule has 0 aromatic heterocycles. The molecule has 0 aliphatic carbocycles. The third-order valence-electron chi connectivity index (χ3n) is 6.69. The Morgan fingerprint density at radius 2 is 1.73 bits per heavy atom. The number of hydrogen-bond acceptors (Lipinski definition) is 3. The largest absolute Gasteiger partial charge is 0.440 e. The molecule has 156 valence electrons. The van der Waals surface area contributed by atoms with Crippen molar-refractivity contribution in [1.29, 1.82) is 5.26 Å². The summed E-state index contributed by atoms with van der Waals surface area (Å²) in [7, 11) is 0. The number of quaternary nitrogens is 1. The molecule has 5 rings (SSSR count). The number of amides is 1. The van der Waals surface area contributed by atoms with E-state index in [0.717, 1.165) is 61.2 Å². The fourth-order valence-corrected chi connectivity index (χ4v) is 4.99. The Morgan fingerprint density at radius 1 is 1.07 bits per heavy atom. The maximum Gasteiger partial charge on any atom is 0.415 e. The van der Waals surface area contributed by atoms with Crippen molar-refractivity contribution in [3.63, 3.8) is 0 Å². The van der Waals surface area contributed by atoms with Crippen LogP contribution in [0.2, 0.25) is 0 Å². The van der Waals surface area contributed by atoms with Crippen LogP contribution in [-0.2, 0) is 11.3 Å². The van der Waals surface area contributed by atoms with Crippen molar-refractivity contribution in [2.75, 3.05) is 31.1 Å². The van der Waals surface area contributed by atoms with E-state index in [1.54, 1.807) is 4.90 Å². The maximum absolute atomic E-state index is 13.3. The highest BCUT2D eigenvalue weighted by Gasteiger charge is 2.47. The predicted molar refractivity (Wildman–Crippen MR) is 117 cm³/mol. The van der Waals surface area contributed by atoms with Crippen molar-refractivity contribution in [2.24, 2.45) is 5.92 Å². The summed E-state index contributed by atoms with van der Waals surface area (Å²) in [6.45, 7) is 4.69. The number of ether oxygens (including phenoxy) is 1. The number of rotatable bonds is 7. The molecule has 3 saturated heterocycles. The molecule has 1 amide bonds. The van der Waals surface area contributed by atoms with Gasteiger partial charge in [0.15, 0.2) is 6.10 Å². The van der Waals surface area contributed by atoms with Gasteiger partial charge in [-0.2, -0.15) is 5.26 Å². The molecule has 0 N–H and O–H groups in total. The number of unbranched alkanes of at least 4 members (excludes halogenated alkanes) is 1. The van der Waals surface area contributed by atoms with E-state index in [0.29, 0.717) is 18.9 Å². The van der Waals surface area contributed by atoms with Crippen molar-refractivity contribution in [3.8, 4) is 6.07 Å². The van der Waals surface area contributed by atoms with Crippen LogP contribution in [0.3, 0.4) is 0 Å².